The van der Waals surface area contributed by atoms with Gasteiger partial charge in [-0.2, -0.15) is 0 Å². The Bertz CT molecular complexity index is 700. The molecule has 0 spiro atoms. The molecule has 1 saturated carbocycles. The quantitative estimate of drug-likeness (QED) is 0.875. The second-order valence-electron chi connectivity index (χ2n) is 6.82. The van der Waals surface area contributed by atoms with E-state index >= 15 is 0 Å². The van der Waals surface area contributed by atoms with Crippen molar-refractivity contribution in [3.05, 3.63) is 29.8 Å². The van der Waals surface area contributed by atoms with Crippen LogP contribution in [0.1, 0.15) is 38.2 Å². The molecular weight excluding hydrogens is 324 g/mol. The third kappa shape index (κ3) is 3.89. The molecule has 0 aromatic heterocycles. The number of aryl methyl sites for hydroxylation is 1. The molecule has 3 rings (SSSR count). The summed E-state index contributed by atoms with van der Waals surface area (Å²) in [6, 6.07) is 7.33. The molecule has 132 valence electrons. The summed E-state index contributed by atoms with van der Waals surface area (Å²) in [5, 5.41) is 3.11. The highest BCUT2D eigenvalue weighted by Crippen LogP contribution is 2.28. The normalized spacial score (nSPS) is 25.7. The molecular formula is C17H26N4O2S. The number of hydrogen-bond donors (Lipinski definition) is 2. The van der Waals surface area contributed by atoms with Gasteiger partial charge >= 0.3 is 0 Å². The molecule has 1 aliphatic carbocycles. The lowest BCUT2D eigenvalue weighted by Crippen LogP contribution is -2.54. The first-order chi connectivity index (χ1) is 11.5. The van der Waals surface area contributed by atoms with E-state index in [2.05, 4.69) is 26.9 Å². The second kappa shape index (κ2) is 7.11. The molecule has 0 amide bonds. The predicted molar refractivity (Wildman–Crippen MR) is 95.1 cm³/mol. The van der Waals surface area contributed by atoms with Crippen LogP contribution in [-0.4, -0.2) is 38.7 Å². The summed E-state index contributed by atoms with van der Waals surface area (Å²) in [5.74, 6) is 0.997. The van der Waals surface area contributed by atoms with Gasteiger partial charge in [0.25, 0.3) is 10.0 Å². The van der Waals surface area contributed by atoms with E-state index in [-0.39, 0.29) is 4.90 Å². The third-order valence-corrected chi connectivity index (χ3v) is 6.31. The van der Waals surface area contributed by atoms with E-state index in [4.69, 9.17) is 0 Å². The number of nitrogens with one attached hydrogen (secondary N) is 2. The van der Waals surface area contributed by atoms with Crippen LogP contribution in [-0.2, 0) is 10.0 Å². The highest BCUT2D eigenvalue weighted by Gasteiger charge is 2.29. The first-order valence-corrected chi connectivity index (χ1v) is 10.1. The zero-order valence-electron chi connectivity index (χ0n) is 14.3. The molecule has 1 aromatic rings. The molecule has 2 N–H and O–H groups in total. The van der Waals surface area contributed by atoms with Gasteiger partial charge < -0.3 is 5.32 Å². The average Bonchev–Trinajstić information content (AvgIpc) is 2.56. The van der Waals surface area contributed by atoms with Gasteiger partial charge in [-0.25, -0.2) is 18.1 Å². The zero-order chi connectivity index (χ0) is 17.2. The number of rotatable bonds is 3. The average molecular weight is 350 g/mol. The van der Waals surface area contributed by atoms with Crippen molar-refractivity contribution < 1.29 is 8.42 Å². The van der Waals surface area contributed by atoms with E-state index in [1.807, 2.05) is 6.92 Å². The van der Waals surface area contributed by atoms with E-state index in [0.717, 1.165) is 5.56 Å². The van der Waals surface area contributed by atoms with Gasteiger partial charge in [-0.15, -0.1) is 0 Å². The van der Waals surface area contributed by atoms with Gasteiger partial charge in [0.15, 0.2) is 0 Å². The Morgan fingerprint density at radius 2 is 1.92 bits per heavy atom. The Balaban J connectivity index is 1.63. The highest BCUT2D eigenvalue weighted by molar-refractivity contribution is 7.90. The lowest BCUT2D eigenvalue weighted by Gasteiger charge is -2.39. The van der Waals surface area contributed by atoms with Gasteiger partial charge in [0.1, 0.15) is 0 Å². The zero-order valence-corrected chi connectivity index (χ0v) is 15.1. The van der Waals surface area contributed by atoms with Crippen LogP contribution in [0.2, 0.25) is 0 Å². The van der Waals surface area contributed by atoms with Crippen molar-refractivity contribution in [1.29, 1.82) is 0 Å². The third-order valence-electron chi connectivity index (χ3n) is 4.96. The second-order valence-corrected chi connectivity index (χ2v) is 8.50. The molecule has 1 aliphatic heterocycles. The summed E-state index contributed by atoms with van der Waals surface area (Å²) >= 11 is 0. The minimum absolute atomic E-state index is 0.251. The van der Waals surface area contributed by atoms with Gasteiger partial charge in [0.05, 0.1) is 18.2 Å². The number of aliphatic imine (C=N–C) groups is 1. The lowest BCUT2D eigenvalue weighted by molar-refractivity contribution is 0.106. The van der Waals surface area contributed by atoms with Crippen molar-refractivity contribution in [2.24, 2.45) is 10.9 Å². The van der Waals surface area contributed by atoms with Crippen molar-refractivity contribution in [2.45, 2.75) is 50.5 Å². The fraction of sp³-hybridized carbons (Fsp3) is 0.588. The van der Waals surface area contributed by atoms with Crippen LogP contribution in [0.5, 0.6) is 0 Å². The molecule has 1 fully saturated rings. The van der Waals surface area contributed by atoms with Crippen LogP contribution in [0.4, 0.5) is 0 Å². The molecule has 0 unspecified atom stereocenters. The van der Waals surface area contributed by atoms with Crippen LogP contribution in [0.25, 0.3) is 0 Å². The standard InChI is InChI=1S/C17H26N4O2S/c1-13-7-9-15(10-8-13)24(22,23)20-17-18-11-21(12-19-17)16-6-4-3-5-14(16)2/h7-10,14,16H,3-6,11-12H2,1-2H3,(H2,18,19,20)/t14-,16+/m0/s1. The SMILES string of the molecule is Cc1ccc(S(=O)(=O)NC2=NCN([C@@H]3CCCC[C@@H]3C)CN2)cc1. The number of benzene rings is 1. The van der Waals surface area contributed by atoms with Crippen LogP contribution in [0.15, 0.2) is 34.2 Å². The van der Waals surface area contributed by atoms with Gasteiger partial charge in [0.2, 0.25) is 5.96 Å². The number of sulfonamides is 1. The Kier molecular flexibility index (Phi) is 5.10. The van der Waals surface area contributed by atoms with E-state index in [1.54, 1.807) is 24.3 Å². The predicted octanol–water partition coefficient (Wildman–Crippen LogP) is 2.03. The first kappa shape index (κ1) is 17.2. The Labute approximate surface area is 144 Å². The molecule has 0 saturated heterocycles. The molecule has 1 heterocycles. The minimum Gasteiger partial charge on any atom is -0.343 e. The maximum atomic E-state index is 12.4. The smallest absolute Gasteiger partial charge is 0.264 e. The summed E-state index contributed by atoms with van der Waals surface area (Å²) in [6.45, 7) is 5.39. The number of hydrogen-bond acceptors (Lipinski definition) is 5. The van der Waals surface area contributed by atoms with Gasteiger partial charge in [0, 0.05) is 6.04 Å². The first-order valence-electron chi connectivity index (χ1n) is 8.57. The monoisotopic (exact) mass is 350 g/mol. The number of guanidine groups is 1. The summed E-state index contributed by atoms with van der Waals surface area (Å²) < 4.78 is 27.4. The van der Waals surface area contributed by atoms with Crippen LogP contribution < -0.4 is 10.0 Å². The lowest BCUT2D eigenvalue weighted by atomic mass is 9.85. The highest BCUT2D eigenvalue weighted by atomic mass is 32.2. The maximum Gasteiger partial charge on any atom is 0.264 e. The van der Waals surface area contributed by atoms with Gasteiger partial charge in [-0.1, -0.05) is 37.5 Å². The molecule has 6 nitrogen and oxygen atoms in total. The molecule has 0 bridgehead atoms. The molecule has 0 radical (unpaired) electrons. The van der Waals surface area contributed by atoms with Crippen molar-refractivity contribution in [2.75, 3.05) is 13.3 Å². The summed E-state index contributed by atoms with van der Waals surface area (Å²) in [4.78, 5) is 6.94. The van der Waals surface area contributed by atoms with Crippen molar-refractivity contribution in [3.8, 4) is 0 Å². The topological polar surface area (TPSA) is 73.8 Å². The van der Waals surface area contributed by atoms with E-state index in [9.17, 15) is 8.42 Å². The van der Waals surface area contributed by atoms with Crippen LogP contribution in [0.3, 0.4) is 0 Å². The van der Waals surface area contributed by atoms with Crippen molar-refractivity contribution >= 4 is 16.0 Å². The summed E-state index contributed by atoms with van der Waals surface area (Å²) in [6.07, 6.45) is 5.03. The van der Waals surface area contributed by atoms with Crippen molar-refractivity contribution in [3.63, 3.8) is 0 Å². The Morgan fingerprint density at radius 1 is 1.21 bits per heavy atom. The molecule has 2 atom stereocenters. The van der Waals surface area contributed by atoms with Crippen LogP contribution >= 0.6 is 0 Å². The molecule has 2 aliphatic rings. The summed E-state index contributed by atoms with van der Waals surface area (Å²) in [5.41, 5.74) is 1.03. The largest absolute Gasteiger partial charge is 0.343 e. The van der Waals surface area contributed by atoms with Crippen LogP contribution in [0, 0.1) is 12.8 Å². The van der Waals surface area contributed by atoms with Crippen molar-refractivity contribution in [1.82, 2.24) is 14.9 Å². The van der Waals surface area contributed by atoms with Gasteiger partial charge in [-0.3, -0.25) is 4.90 Å². The van der Waals surface area contributed by atoms with E-state index in [0.29, 0.717) is 31.3 Å². The Morgan fingerprint density at radius 3 is 2.54 bits per heavy atom. The fourth-order valence-electron chi connectivity index (χ4n) is 3.48. The molecule has 7 heteroatoms. The molecule has 24 heavy (non-hydrogen) atoms. The Hall–Kier alpha value is -1.60. The van der Waals surface area contributed by atoms with E-state index < -0.39 is 10.0 Å². The van der Waals surface area contributed by atoms with E-state index in [1.165, 1.54) is 25.7 Å². The minimum atomic E-state index is -3.59. The summed E-state index contributed by atoms with van der Waals surface area (Å²) in [7, 11) is -3.59. The number of nitrogens with zero attached hydrogens (tertiary/aromatic N) is 2. The molecule has 1 aromatic carbocycles. The van der Waals surface area contributed by atoms with Gasteiger partial charge in [-0.05, 0) is 37.8 Å². The maximum absolute atomic E-state index is 12.4. The fourth-order valence-corrected chi connectivity index (χ4v) is 4.48.